The van der Waals surface area contributed by atoms with Crippen molar-refractivity contribution in [3.05, 3.63) is 54.1 Å². The van der Waals surface area contributed by atoms with Crippen LogP contribution in [-0.2, 0) is 16.0 Å². The molecule has 1 aromatic heterocycles. The van der Waals surface area contributed by atoms with Crippen LogP contribution in [0.2, 0.25) is 0 Å². The molecule has 0 spiro atoms. The number of pyridine rings is 1. The van der Waals surface area contributed by atoms with Crippen LogP contribution in [0.1, 0.15) is 18.4 Å². The maximum atomic E-state index is 14.5. The summed E-state index contributed by atoms with van der Waals surface area (Å²) in [6.45, 7) is 0.812. The molecule has 23 heavy (non-hydrogen) atoms. The van der Waals surface area contributed by atoms with Gasteiger partial charge in [0.05, 0.1) is 5.41 Å². The first-order valence-electron chi connectivity index (χ1n) is 7.61. The minimum absolute atomic E-state index is 0.189. The fourth-order valence-electron chi connectivity index (χ4n) is 3.01. The monoisotopic (exact) mass is 315 g/mol. The highest BCUT2D eigenvalue weighted by molar-refractivity contribution is 5.75. The van der Waals surface area contributed by atoms with Gasteiger partial charge in [-0.2, -0.15) is 0 Å². The van der Waals surface area contributed by atoms with Crippen LogP contribution >= 0.6 is 0 Å². The Balaban J connectivity index is 1.87. The quantitative estimate of drug-likeness (QED) is 0.940. The van der Waals surface area contributed by atoms with Crippen LogP contribution in [0.5, 0.6) is 0 Å². The Morgan fingerprint density at radius 2 is 1.87 bits per heavy atom. The lowest BCUT2D eigenvalue weighted by Gasteiger charge is -2.33. The maximum Gasteiger partial charge on any atom is 0.310 e. The Bertz CT molecular complexity index is 697. The van der Waals surface area contributed by atoms with Gasteiger partial charge in [-0.25, -0.2) is 4.39 Å². The number of hydrogen-bond acceptors (Lipinski definition) is 3. The van der Waals surface area contributed by atoms with Gasteiger partial charge in [-0.05, 0) is 54.2 Å². The molecule has 3 rings (SSSR count). The third-order valence-electron chi connectivity index (χ3n) is 4.50. The Morgan fingerprint density at radius 3 is 2.48 bits per heavy atom. The van der Waals surface area contributed by atoms with Gasteiger partial charge in [-0.15, -0.1) is 0 Å². The van der Waals surface area contributed by atoms with Crippen molar-refractivity contribution in [1.29, 1.82) is 0 Å². The molecule has 0 saturated carbocycles. The molecule has 1 aliphatic heterocycles. The second-order valence-electron chi connectivity index (χ2n) is 5.92. The predicted molar refractivity (Wildman–Crippen MR) is 83.5 cm³/mol. The molecule has 0 unspecified atom stereocenters. The number of carbonyl (C=O) groups is 1. The molecule has 0 bridgehead atoms. The second kappa shape index (κ2) is 6.46. The summed E-state index contributed by atoms with van der Waals surface area (Å²) >= 11 is 0. The zero-order valence-electron chi connectivity index (χ0n) is 12.7. The van der Waals surface area contributed by atoms with E-state index in [9.17, 15) is 14.3 Å². The van der Waals surface area contributed by atoms with E-state index in [1.165, 1.54) is 6.07 Å². The molecule has 2 heterocycles. The number of halogens is 1. The van der Waals surface area contributed by atoms with Gasteiger partial charge in [-0.3, -0.25) is 9.78 Å². The summed E-state index contributed by atoms with van der Waals surface area (Å²) in [4.78, 5) is 15.6. The maximum absolute atomic E-state index is 14.5. The van der Waals surface area contributed by atoms with E-state index in [2.05, 4.69) is 4.98 Å². The molecule has 1 saturated heterocycles. The molecule has 0 atom stereocenters. The second-order valence-corrected chi connectivity index (χ2v) is 5.92. The fourth-order valence-corrected chi connectivity index (χ4v) is 3.01. The third-order valence-corrected chi connectivity index (χ3v) is 4.50. The van der Waals surface area contributed by atoms with Gasteiger partial charge in [-0.1, -0.05) is 12.1 Å². The summed E-state index contributed by atoms with van der Waals surface area (Å²) in [6.07, 6.45) is 4.32. The van der Waals surface area contributed by atoms with E-state index in [1.807, 2.05) is 18.2 Å². The minimum Gasteiger partial charge on any atom is -0.481 e. The summed E-state index contributed by atoms with van der Waals surface area (Å²) in [6, 6.07) is 8.59. The van der Waals surface area contributed by atoms with Crippen molar-refractivity contribution in [3.63, 3.8) is 0 Å². The molecule has 0 aliphatic carbocycles. The van der Waals surface area contributed by atoms with Gasteiger partial charge in [0, 0.05) is 25.6 Å². The minimum atomic E-state index is -0.933. The van der Waals surface area contributed by atoms with Crippen molar-refractivity contribution in [2.75, 3.05) is 13.2 Å². The summed E-state index contributed by atoms with van der Waals surface area (Å²) in [5.74, 6) is -1.25. The number of hydrogen-bond donors (Lipinski definition) is 1. The smallest absolute Gasteiger partial charge is 0.310 e. The van der Waals surface area contributed by atoms with Crippen LogP contribution in [0, 0.1) is 11.2 Å². The van der Waals surface area contributed by atoms with Crippen molar-refractivity contribution in [1.82, 2.24) is 4.98 Å². The highest BCUT2D eigenvalue weighted by atomic mass is 19.1. The van der Waals surface area contributed by atoms with Crippen LogP contribution in [0.25, 0.3) is 11.1 Å². The molecular formula is C18H18FNO3. The zero-order valence-corrected chi connectivity index (χ0v) is 12.7. The van der Waals surface area contributed by atoms with E-state index in [1.54, 1.807) is 18.5 Å². The number of aliphatic carboxylic acids is 1. The molecule has 120 valence electrons. The number of rotatable bonds is 4. The summed E-state index contributed by atoms with van der Waals surface area (Å²) in [5, 5.41) is 9.59. The largest absolute Gasteiger partial charge is 0.481 e. The standard InChI is InChI=1S/C18H18FNO3/c19-16-11-14(13-3-7-20-8-4-13)1-2-15(16)12-18(17(21)22)5-9-23-10-6-18/h1-4,7-8,11H,5-6,9-10,12H2,(H,21,22). The normalized spacial score (nSPS) is 16.9. The van der Waals surface area contributed by atoms with Crippen LogP contribution in [0.3, 0.4) is 0 Å². The molecule has 1 N–H and O–H groups in total. The van der Waals surface area contributed by atoms with E-state index in [0.29, 0.717) is 31.6 Å². The topological polar surface area (TPSA) is 59.4 Å². The average molecular weight is 315 g/mol. The molecule has 1 aliphatic rings. The Kier molecular flexibility index (Phi) is 4.39. The van der Waals surface area contributed by atoms with Gasteiger partial charge < -0.3 is 9.84 Å². The lowest BCUT2D eigenvalue weighted by atomic mass is 9.75. The number of aromatic nitrogens is 1. The van der Waals surface area contributed by atoms with Crippen LogP contribution < -0.4 is 0 Å². The molecule has 1 aromatic carbocycles. The number of nitrogens with zero attached hydrogens (tertiary/aromatic N) is 1. The van der Waals surface area contributed by atoms with Crippen molar-refractivity contribution in [2.45, 2.75) is 19.3 Å². The van der Waals surface area contributed by atoms with E-state index >= 15 is 0 Å². The van der Waals surface area contributed by atoms with Crippen LogP contribution in [0.15, 0.2) is 42.7 Å². The van der Waals surface area contributed by atoms with E-state index in [0.717, 1.165) is 11.1 Å². The number of carboxylic acid groups (broad SMARTS) is 1. The van der Waals surface area contributed by atoms with E-state index in [4.69, 9.17) is 4.74 Å². The number of ether oxygens (including phenoxy) is 1. The third kappa shape index (κ3) is 3.24. The molecule has 0 radical (unpaired) electrons. The SMILES string of the molecule is O=C(O)C1(Cc2ccc(-c3ccncc3)cc2F)CCOCC1. The molecule has 0 amide bonds. The van der Waals surface area contributed by atoms with Crippen molar-refractivity contribution < 1.29 is 19.0 Å². The van der Waals surface area contributed by atoms with Gasteiger partial charge >= 0.3 is 5.97 Å². The predicted octanol–water partition coefficient (Wildman–Crippen LogP) is 3.31. The van der Waals surface area contributed by atoms with Gasteiger partial charge in [0.15, 0.2) is 0 Å². The Labute approximate surface area is 133 Å². The molecule has 2 aromatic rings. The fraction of sp³-hybridized carbons (Fsp3) is 0.333. The molecule has 5 heteroatoms. The van der Waals surface area contributed by atoms with E-state index in [-0.39, 0.29) is 12.2 Å². The Hall–Kier alpha value is -2.27. The summed E-state index contributed by atoms with van der Waals surface area (Å²) < 4.78 is 19.7. The average Bonchev–Trinajstić information content (AvgIpc) is 2.58. The Morgan fingerprint density at radius 1 is 1.17 bits per heavy atom. The first-order valence-corrected chi connectivity index (χ1v) is 7.61. The summed E-state index contributed by atoms with van der Waals surface area (Å²) in [5.41, 5.74) is 1.14. The lowest BCUT2D eigenvalue weighted by Crippen LogP contribution is -2.39. The van der Waals surface area contributed by atoms with Gasteiger partial charge in [0.2, 0.25) is 0 Å². The molecule has 1 fully saturated rings. The van der Waals surface area contributed by atoms with Crippen molar-refractivity contribution in [2.24, 2.45) is 5.41 Å². The first-order chi connectivity index (χ1) is 11.1. The first kappa shape index (κ1) is 15.6. The van der Waals surface area contributed by atoms with Crippen molar-refractivity contribution in [3.8, 4) is 11.1 Å². The highest BCUT2D eigenvalue weighted by Gasteiger charge is 2.40. The molecule has 4 nitrogen and oxygen atoms in total. The van der Waals surface area contributed by atoms with Gasteiger partial charge in [0.1, 0.15) is 5.82 Å². The highest BCUT2D eigenvalue weighted by Crippen LogP contribution is 2.36. The van der Waals surface area contributed by atoms with Crippen LogP contribution in [0.4, 0.5) is 4.39 Å². The van der Waals surface area contributed by atoms with Crippen LogP contribution in [-0.4, -0.2) is 29.3 Å². The lowest BCUT2D eigenvalue weighted by molar-refractivity contribution is -0.154. The zero-order chi connectivity index (χ0) is 16.3. The summed E-state index contributed by atoms with van der Waals surface area (Å²) in [7, 11) is 0. The molecular weight excluding hydrogens is 297 g/mol. The van der Waals surface area contributed by atoms with E-state index < -0.39 is 11.4 Å². The number of benzene rings is 1. The number of carboxylic acids is 1. The van der Waals surface area contributed by atoms with Gasteiger partial charge in [0.25, 0.3) is 0 Å². The van der Waals surface area contributed by atoms with Crippen molar-refractivity contribution >= 4 is 5.97 Å².